The highest BCUT2D eigenvalue weighted by molar-refractivity contribution is 5.42. The second-order valence-corrected chi connectivity index (χ2v) is 4.23. The Hall–Kier alpha value is -0.920. The van der Waals surface area contributed by atoms with Gasteiger partial charge in [0.2, 0.25) is 0 Å². The third kappa shape index (κ3) is 1.33. The maximum Gasteiger partial charge on any atom is 0.273 e. The molecule has 0 bridgehead atoms. The van der Waals surface area contributed by atoms with E-state index in [-0.39, 0.29) is 12.0 Å². The minimum absolute atomic E-state index is 0.0218. The number of alkyl halides is 2. The van der Waals surface area contributed by atoms with E-state index < -0.39 is 5.92 Å². The summed E-state index contributed by atoms with van der Waals surface area (Å²) in [5, 5.41) is 0. The summed E-state index contributed by atoms with van der Waals surface area (Å²) in [6.07, 6.45) is 0.503. The second-order valence-electron chi connectivity index (χ2n) is 4.23. The molecule has 2 rings (SSSR count). The Kier molecular flexibility index (Phi) is 2.09. The lowest BCUT2D eigenvalue weighted by Crippen LogP contribution is -2.07. The van der Waals surface area contributed by atoms with E-state index in [1.54, 1.807) is 12.1 Å². The average Bonchev–Trinajstić information content (AvgIpc) is 2.42. The van der Waals surface area contributed by atoms with Gasteiger partial charge in [0.25, 0.3) is 5.92 Å². The summed E-state index contributed by atoms with van der Waals surface area (Å²) < 4.78 is 26.8. The van der Waals surface area contributed by atoms with Crippen molar-refractivity contribution in [2.24, 2.45) is 0 Å². The molecule has 1 aromatic rings. The van der Waals surface area contributed by atoms with Crippen molar-refractivity contribution in [3.05, 3.63) is 34.9 Å². The molecule has 0 saturated carbocycles. The third-order valence-corrected chi connectivity index (χ3v) is 2.92. The van der Waals surface area contributed by atoms with E-state index in [0.29, 0.717) is 12.3 Å². The molecule has 2 heteroatoms. The Balaban J connectivity index is 2.56. The van der Waals surface area contributed by atoms with Gasteiger partial charge in [-0.15, -0.1) is 0 Å². The van der Waals surface area contributed by atoms with Crippen LogP contribution in [0.25, 0.3) is 0 Å². The third-order valence-electron chi connectivity index (χ3n) is 2.92. The zero-order valence-corrected chi connectivity index (χ0v) is 8.48. The van der Waals surface area contributed by atoms with Crippen LogP contribution in [-0.4, -0.2) is 0 Å². The van der Waals surface area contributed by atoms with E-state index >= 15 is 0 Å². The van der Waals surface area contributed by atoms with Crippen LogP contribution in [0.3, 0.4) is 0 Å². The lowest BCUT2D eigenvalue weighted by Gasteiger charge is -2.13. The summed E-state index contributed by atoms with van der Waals surface area (Å²) in [7, 11) is 0. The summed E-state index contributed by atoms with van der Waals surface area (Å²) in [6.45, 7) is 4.10. The largest absolute Gasteiger partial charge is 0.273 e. The summed E-state index contributed by atoms with van der Waals surface area (Å²) in [5.74, 6) is -2.26. The molecule has 0 N–H and O–H groups in total. The van der Waals surface area contributed by atoms with Gasteiger partial charge in [0.1, 0.15) is 0 Å². The molecule has 1 aliphatic carbocycles. The highest BCUT2D eigenvalue weighted by Crippen LogP contribution is 2.43. The average molecular weight is 196 g/mol. The fraction of sp³-hybridized carbons (Fsp3) is 0.500. The first kappa shape index (κ1) is 9.63. The van der Waals surface area contributed by atoms with Crippen LogP contribution >= 0.6 is 0 Å². The van der Waals surface area contributed by atoms with Gasteiger partial charge in [-0.3, -0.25) is 0 Å². The molecular weight excluding hydrogens is 182 g/mol. The van der Waals surface area contributed by atoms with Gasteiger partial charge in [-0.2, -0.15) is 0 Å². The van der Waals surface area contributed by atoms with Crippen molar-refractivity contribution in [1.29, 1.82) is 0 Å². The van der Waals surface area contributed by atoms with Gasteiger partial charge in [-0.1, -0.05) is 32.0 Å². The van der Waals surface area contributed by atoms with Crippen LogP contribution in [0.4, 0.5) is 8.78 Å². The molecule has 0 heterocycles. The van der Waals surface area contributed by atoms with Crippen molar-refractivity contribution < 1.29 is 8.78 Å². The molecule has 76 valence electrons. The Morgan fingerprint density at radius 2 is 2.00 bits per heavy atom. The fourth-order valence-corrected chi connectivity index (χ4v) is 2.18. The molecule has 0 amide bonds. The fourth-order valence-electron chi connectivity index (χ4n) is 2.18. The molecule has 0 nitrogen and oxygen atoms in total. The maximum atomic E-state index is 13.4. The predicted molar refractivity (Wildman–Crippen MR) is 52.7 cm³/mol. The van der Waals surface area contributed by atoms with Crippen molar-refractivity contribution in [2.45, 2.75) is 38.5 Å². The number of halogens is 2. The molecule has 0 aromatic heterocycles. The Bertz CT molecular complexity index is 353. The lowest BCUT2D eigenvalue weighted by molar-refractivity contribution is -0.00184. The van der Waals surface area contributed by atoms with Crippen molar-refractivity contribution in [3.8, 4) is 0 Å². The van der Waals surface area contributed by atoms with Crippen LogP contribution in [0, 0.1) is 0 Å². The van der Waals surface area contributed by atoms with Crippen molar-refractivity contribution in [3.63, 3.8) is 0 Å². The number of benzene rings is 1. The highest BCUT2D eigenvalue weighted by atomic mass is 19.3. The van der Waals surface area contributed by atoms with Crippen LogP contribution in [0.1, 0.15) is 42.9 Å². The van der Waals surface area contributed by atoms with E-state index in [1.807, 2.05) is 19.9 Å². The Labute approximate surface area is 82.9 Å². The van der Waals surface area contributed by atoms with Crippen molar-refractivity contribution in [1.82, 2.24) is 0 Å². The van der Waals surface area contributed by atoms with Crippen LogP contribution in [-0.2, 0) is 12.3 Å². The number of rotatable bonds is 1. The minimum atomic E-state index is -2.60. The SMILES string of the molecule is CC(C)c1cccc2c1CCC2(F)F. The van der Waals surface area contributed by atoms with E-state index in [4.69, 9.17) is 0 Å². The second kappa shape index (κ2) is 3.04. The highest BCUT2D eigenvalue weighted by Gasteiger charge is 2.39. The smallest absolute Gasteiger partial charge is 0.201 e. The van der Waals surface area contributed by atoms with Crippen molar-refractivity contribution >= 4 is 0 Å². The first-order valence-electron chi connectivity index (χ1n) is 5.02. The zero-order chi connectivity index (χ0) is 10.3. The quantitative estimate of drug-likeness (QED) is 0.640. The topological polar surface area (TPSA) is 0 Å². The van der Waals surface area contributed by atoms with Gasteiger partial charge < -0.3 is 0 Å². The van der Waals surface area contributed by atoms with E-state index in [0.717, 1.165) is 11.1 Å². The lowest BCUT2D eigenvalue weighted by atomic mass is 9.94. The first-order chi connectivity index (χ1) is 6.52. The molecule has 0 unspecified atom stereocenters. The van der Waals surface area contributed by atoms with Crippen LogP contribution < -0.4 is 0 Å². The van der Waals surface area contributed by atoms with Gasteiger partial charge in [0.05, 0.1) is 0 Å². The molecule has 0 radical (unpaired) electrons. The summed E-state index contributed by atoms with van der Waals surface area (Å²) >= 11 is 0. The molecule has 1 aliphatic rings. The van der Waals surface area contributed by atoms with Gasteiger partial charge in [0, 0.05) is 12.0 Å². The number of hydrogen-bond donors (Lipinski definition) is 0. The van der Waals surface area contributed by atoms with E-state index in [1.165, 1.54) is 0 Å². The molecular formula is C12H14F2. The van der Waals surface area contributed by atoms with Gasteiger partial charge in [-0.25, -0.2) is 8.78 Å². The zero-order valence-electron chi connectivity index (χ0n) is 8.48. The number of fused-ring (bicyclic) bond motifs is 1. The molecule has 14 heavy (non-hydrogen) atoms. The molecule has 0 saturated heterocycles. The summed E-state index contributed by atoms with van der Waals surface area (Å²) in [5.41, 5.74) is 2.22. The molecule has 0 fully saturated rings. The number of hydrogen-bond acceptors (Lipinski definition) is 0. The molecule has 0 atom stereocenters. The maximum absolute atomic E-state index is 13.4. The first-order valence-corrected chi connectivity index (χ1v) is 5.02. The normalized spacial score (nSPS) is 18.6. The van der Waals surface area contributed by atoms with E-state index in [2.05, 4.69) is 0 Å². The minimum Gasteiger partial charge on any atom is -0.201 e. The van der Waals surface area contributed by atoms with Crippen molar-refractivity contribution in [2.75, 3.05) is 0 Å². The monoisotopic (exact) mass is 196 g/mol. The Morgan fingerprint density at radius 3 is 2.64 bits per heavy atom. The standard InChI is InChI=1S/C12H14F2/c1-8(2)9-4-3-5-11-10(9)6-7-12(11,13)14/h3-5,8H,6-7H2,1-2H3. The molecule has 0 spiro atoms. The molecule has 1 aromatic carbocycles. The van der Waals surface area contributed by atoms with Crippen LogP contribution in [0.15, 0.2) is 18.2 Å². The summed E-state index contributed by atoms with van der Waals surface area (Å²) in [6, 6.07) is 5.27. The van der Waals surface area contributed by atoms with Crippen LogP contribution in [0.2, 0.25) is 0 Å². The molecule has 0 aliphatic heterocycles. The van der Waals surface area contributed by atoms with Gasteiger partial charge >= 0.3 is 0 Å². The van der Waals surface area contributed by atoms with Gasteiger partial charge in [-0.05, 0) is 23.5 Å². The Morgan fingerprint density at radius 1 is 1.29 bits per heavy atom. The predicted octanol–water partition coefficient (Wildman–Crippen LogP) is 3.85. The summed E-state index contributed by atoms with van der Waals surface area (Å²) in [4.78, 5) is 0. The van der Waals surface area contributed by atoms with Crippen LogP contribution in [0.5, 0.6) is 0 Å². The van der Waals surface area contributed by atoms with E-state index in [9.17, 15) is 8.78 Å². The van der Waals surface area contributed by atoms with Gasteiger partial charge in [0.15, 0.2) is 0 Å².